The molecule has 0 amide bonds. The molecule has 82 heavy (non-hydrogen) atoms. The molecule has 8 aromatic carbocycles. The van der Waals surface area contributed by atoms with Gasteiger partial charge in [-0.3, -0.25) is 10.2 Å². The molecular formula is C58H70N18P6. The summed E-state index contributed by atoms with van der Waals surface area (Å²) in [6.07, 6.45) is 3.64. The van der Waals surface area contributed by atoms with Crippen molar-refractivity contribution in [2.45, 2.75) is 25.7 Å². The largest absolute Gasteiger partial charge is 0.319 e. The minimum Gasteiger partial charge on any atom is -0.319 e. The molecule has 18 nitrogen and oxygen atoms in total. The third-order valence-corrected chi connectivity index (χ3v) is 34.2. The van der Waals surface area contributed by atoms with Gasteiger partial charge in [-0.05, 0) is 123 Å². The van der Waals surface area contributed by atoms with E-state index < -0.39 is 45.0 Å². The molecule has 0 bridgehead atoms. The first-order valence-corrected chi connectivity index (χ1v) is 37.9. The van der Waals surface area contributed by atoms with Crippen molar-refractivity contribution in [3.63, 3.8) is 0 Å². The Balaban J connectivity index is 0.949. The van der Waals surface area contributed by atoms with Gasteiger partial charge in [-0.25, -0.2) is 9.34 Å². The van der Waals surface area contributed by atoms with Gasteiger partial charge in [-0.1, -0.05) is 146 Å². The lowest BCUT2D eigenvalue weighted by Gasteiger charge is -2.45. The van der Waals surface area contributed by atoms with Crippen molar-refractivity contribution in [3.05, 3.63) is 243 Å². The predicted octanol–water partition coefficient (Wildman–Crippen LogP) is 19.0. The van der Waals surface area contributed by atoms with Crippen LogP contribution in [0.15, 0.2) is 270 Å². The lowest BCUT2D eigenvalue weighted by atomic mass is 10.3. The molecule has 4 heterocycles. The van der Waals surface area contributed by atoms with Crippen LogP contribution in [-0.2, 0) is 0 Å². The summed E-state index contributed by atoms with van der Waals surface area (Å²) in [7, 11) is -18.5. The first-order chi connectivity index (χ1) is 40.3. The molecule has 24 heteroatoms. The van der Waals surface area contributed by atoms with Crippen LogP contribution >= 0.6 is 45.0 Å². The average molecular weight is 1210 g/mol. The Labute approximate surface area is 482 Å². The van der Waals surface area contributed by atoms with Crippen LogP contribution in [0.3, 0.4) is 0 Å². The summed E-state index contributed by atoms with van der Waals surface area (Å²) >= 11 is 0. The molecule has 12 rings (SSSR count). The standard InChI is InChI=1S/C58H70N18P6/c1-9-29-51(30-10-1)61-77(62-52-31-11-2-12-32-52)69-78(63-53-33-13-3-14-34-53,64-54-35-15-4-16-36-54)72-81(71-77)59-45-27-49-75(81)47-25-26-48-76-50-28-46-60-82(76)73-79(65-55-37-17-5-18-38-55,66-56-39-19-6-20-40-56)70-80(74-82,67-57-41-21-7-22-42-57)68-58-43-23-8-24-44-58/h1-24,29-44,59-68H,25-28,45-50H2. The molecule has 2 spiro atoms. The molecule has 2 atom stereocenters. The average Bonchev–Trinajstić information content (AvgIpc) is 3.01. The maximum absolute atomic E-state index is 6.01. The van der Waals surface area contributed by atoms with Gasteiger partial charge in [0.25, 0.3) is 30.0 Å². The topological polar surface area (TPSA) is 201 Å². The van der Waals surface area contributed by atoms with Crippen LogP contribution in [0.25, 0.3) is 0 Å². The van der Waals surface area contributed by atoms with Crippen molar-refractivity contribution in [1.82, 2.24) is 19.5 Å². The Morgan fingerprint density at radius 2 is 0.488 bits per heavy atom. The molecule has 4 aliphatic heterocycles. The maximum Gasteiger partial charge on any atom is 0.267 e. The molecule has 8 aromatic rings. The van der Waals surface area contributed by atoms with Crippen molar-refractivity contribution < 1.29 is 0 Å². The fourth-order valence-corrected chi connectivity index (χ4v) is 34.7. The number of nitrogens with one attached hydrogen (secondary N) is 10. The molecule has 2 saturated heterocycles. The minimum atomic E-state index is -3.15. The molecular weight excluding hydrogens is 1130 g/mol. The van der Waals surface area contributed by atoms with Crippen LogP contribution in [0.4, 0.5) is 45.5 Å². The van der Waals surface area contributed by atoms with Crippen molar-refractivity contribution in [1.29, 1.82) is 0 Å². The van der Waals surface area contributed by atoms with Gasteiger partial charge < -0.3 is 40.7 Å². The molecule has 4 aliphatic rings. The van der Waals surface area contributed by atoms with E-state index >= 15 is 0 Å². The molecule has 0 aliphatic carbocycles. The van der Waals surface area contributed by atoms with E-state index in [0.29, 0.717) is 0 Å². The number of rotatable bonds is 21. The fraction of sp³-hybridized carbons (Fsp3) is 0.172. The summed E-state index contributed by atoms with van der Waals surface area (Å²) in [5.41, 5.74) is 7.34. The molecule has 2 fully saturated rings. The van der Waals surface area contributed by atoms with E-state index in [2.05, 4.69) is 157 Å². The normalized spacial score (nSPS) is 21.2. The summed E-state index contributed by atoms with van der Waals surface area (Å²) in [5, 5.41) is 39.6. The van der Waals surface area contributed by atoms with Crippen molar-refractivity contribution >= 4 is 90.5 Å². The lowest BCUT2D eigenvalue weighted by molar-refractivity contribution is 0.365. The first kappa shape index (κ1) is 55.9. The van der Waals surface area contributed by atoms with Gasteiger partial charge in [0.05, 0.1) is 0 Å². The number of benzene rings is 8. The van der Waals surface area contributed by atoms with Crippen LogP contribution in [0.2, 0.25) is 0 Å². The van der Waals surface area contributed by atoms with Gasteiger partial charge >= 0.3 is 0 Å². The quantitative estimate of drug-likeness (QED) is 0.0241. The number of anilines is 8. The zero-order valence-corrected chi connectivity index (χ0v) is 50.8. The van der Waals surface area contributed by atoms with Gasteiger partial charge in [-0.2, -0.15) is 27.1 Å². The Bertz CT molecular complexity index is 3160. The Morgan fingerprint density at radius 3 is 0.707 bits per heavy atom. The van der Waals surface area contributed by atoms with E-state index in [9.17, 15) is 0 Å². The third-order valence-electron chi connectivity index (χ3n) is 13.7. The highest BCUT2D eigenvalue weighted by Crippen LogP contribution is 2.79. The van der Waals surface area contributed by atoms with Gasteiger partial charge in [0.1, 0.15) is 0 Å². The molecule has 10 N–H and O–H groups in total. The highest BCUT2D eigenvalue weighted by Gasteiger charge is 2.45. The zero-order valence-electron chi connectivity index (χ0n) is 45.4. The van der Waals surface area contributed by atoms with Crippen LogP contribution in [0.1, 0.15) is 25.7 Å². The Kier molecular flexibility index (Phi) is 17.4. The van der Waals surface area contributed by atoms with Crippen LogP contribution in [-0.4, -0.2) is 48.6 Å². The van der Waals surface area contributed by atoms with Gasteiger partial charge in [0.2, 0.25) is 15.0 Å². The van der Waals surface area contributed by atoms with Crippen LogP contribution in [0.5, 0.6) is 0 Å². The van der Waals surface area contributed by atoms with Gasteiger partial charge in [-0.15, -0.1) is 0 Å². The molecule has 0 radical (unpaired) electrons. The summed E-state index contributed by atoms with van der Waals surface area (Å²) < 4.78 is 41.0. The van der Waals surface area contributed by atoms with Crippen molar-refractivity contribution in [2.24, 2.45) is 27.1 Å². The third kappa shape index (κ3) is 13.6. The van der Waals surface area contributed by atoms with E-state index in [4.69, 9.17) is 27.1 Å². The second-order valence-corrected chi connectivity index (χ2v) is 35.0. The Morgan fingerprint density at radius 1 is 0.280 bits per heavy atom. The van der Waals surface area contributed by atoms with Crippen LogP contribution < -0.4 is 50.9 Å². The number of nitrogens with zero attached hydrogens (tertiary/aromatic N) is 8. The second-order valence-electron chi connectivity index (χ2n) is 20.0. The van der Waals surface area contributed by atoms with Crippen LogP contribution in [0, 0.1) is 0 Å². The van der Waals surface area contributed by atoms with Gasteiger partial charge in [0.15, 0.2) is 0 Å². The predicted molar refractivity (Wildman–Crippen MR) is 354 cm³/mol. The number of hydrogen-bond donors (Lipinski definition) is 10. The van der Waals surface area contributed by atoms with E-state index in [-0.39, 0.29) is 0 Å². The smallest absolute Gasteiger partial charge is 0.267 e. The monoisotopic (exact) mass is 1200 g/mol. The molecule has 0 aromatic heterocycles. The van der Waals surface area contributed by atoms with E-state index in [1.54, 1.807) is 0 Å². The zero-order chi connectivity index (χ0) is 55.4. The summed E-state index contributed by atoms with van der Waals surface area (Å²) in [4.78, 5) is 0. The SMILES string of the molecule is c1ccc(NP2(Nc3ccccc3)=NP(Nc3ccccc3)(Nc3ccccc3)=NP3(=N2)NCCCN3CCCCN2CCCNP23=NP(Nc2ccccc2)(Nc2ccccc2)=NP(Nc2ccccc2)(Nc2ccccc2)=N3)cc1. The van der Waals surface area contributed by atoms with Crippen molar-refractivity contribution in [3.8, 4) is 0 Å². The maximum atomic E-state index is 6.01. The summed E-state index contributed by atoms with van der Waals surface area (Å²) in [5.74, 6) is 0. The van der Waals surface area contributed by atoms with E-state index in [1.807, 2.05) is 146 Å². The lowest BCUT2D eigenvalue weighted by Crippen LogP contribution is -2.38. The summed E-state index contributed by atoms with van der Waals surface area (Å²) in [6.45, 7) is 4.68. The molecule has 422 valence electrons. The first-order valence-electron chi connectivity index (χ1n) is 27.8. The fourth-order valence-electron chi connectivity index (χ4n) is 10.1. The number of unbranched alkanes of at least 4 members (excludes halogenated alkanes) is 1. The number of para-hydroxylation sites is 8. The number of hydrogen-bond acceptors (Lipinski definition) is 18. The second kappa shape index (κ2) is 25.5. The highest BCUT2D eigenvalue weighted by molar-refractivity contribution is 7.89. The van der Waals surface area contributed by atoms with Gasteiger partial charge in [0, 0.05) is 84.8 Å². The van der Waals surface area contributed by atoms with Crippen molar-refractivity contribution in [2.75, 3.05) is 80.0 Å². The Hall–Kier alpha value is -6.62. The minimum absolute atomic E-state index is 0.752. The molecule has 2 unspecified atom stereocenters. The molecule has 0 saturated carbocycles. The van der Waals surface area contributed by atoms with E-state index in [0.717, 1.165) is 110 Å². The highest BCUT2D eigenvalue weighted by atomic mass is 31.3. The van der Waals surface area contributed by atoms with E-state index in [1.165, 1.54) is 0 Å². The summed E-state index contributed by atoms with van der Waals surface area (Å²) in [6, 6.07) is 82.5.